The van der Waals surface area contributed by atoms with Gasteiger partial charge in [-0.2, -0.15) is 0 Å². The number of ether oxygens (including phenoxy) is 4. The number of hydrogen-bond donors (Lipinski definition) is 2. The van der Waals surface area contributed by atoms with Crippen LogP contribution in [0.4, 0.5) is 0 Å². The highest BCUT2D eigenvalue weighted by Gasteiger charge is 2.56. The molecule has 2 heterocycles. The summed E-state index contributed by atoms with van der Waals surface area (Å²) in [5.74, 6) is 0. The second-order valence-electron chi connectivity index (χ2n) is 10.2. The van der Waals surface area contributed by atoms with Gasteiger partial charge in [-0.05, 0) is 42.5 Å². The van der Waals surface area contributed by atoms with Crippen LogP contribution < -0.4 is 0 Å². The maximum Gasteiger partial charge on any atom is 0.144 e. The number of nitrogens with zero attached hydrogens (tertiary/aromatic N) is 6. The molecule has 2 N–H and O–H groups in total. The van der Waals surface area contributed by atoms with E-state index in [4.69, 9.17) is 18.9 Å². The van der Waals surface area contributed by atoms with Gasteiger partial charge in [-0.25, -0.2) is 0 Å². The van der Waals surface area contributed by atoms with Crippen LogP contribution in [0.2, 0.25) is 0 Å². The lowest BCUT2D eigenvalue weighted by molar-refractivity contribution is -0.210. The molecule has 0 aliphatic carbocycles. The predicted molar refractivity (Wildman–Crippen MR) is 153 cm³/mol. The highest BCUT2D eigenvalue weighted by Crippen LogP contribution is 2.48. The smallest absolute Gasteiger partial charge is 0.144 e. The molecular formula is C28H36N6O6S. The Labute approximate surface area is 243 Å². The number of aliphatic hydroxyl groups is 2. The van der Waals surface area contributed by atoms with Crippen LogP contribution in [0.3, 0.4) is 0 Å². The van der Waals surface area contributed by atoms with E-state index >= 15 is 0 Å². The Morgan fingerprint density at radius 2 is 1.37 bits per heavy atom. The third kappa shape index (κ3) is 7.15. The average Bonchev–Trinajstić information content (AvgIpc) is 2.98. The largest absolute Gasteiger partial charge is 0.387 e. The summed E-state index contributed by atoms with van der Waals surface area (Å²) >= 11 is 1.13. The molecule has 2 saturated heterocycles. The molecule has 41 heavy (non-hydrogen) atoms. The number of rotatable bonds is 11. The van der Waals surface area contributed by atoms with Crippen molar-refractivity contribution >= 4 is 11.8 Å². The third-order valence-electron chi connectivity index (χ3n) is 7.50. The first-order valence-corrected chi connectivity index (χ1v) is 14.5. The van der Waals surface area contributed by atoms with Gasteiger partial charge in [-0.15, -0.1) is 0 Å². The zero-order chi connectivity index (χ0) is 29.4. The van der Waals surface area contributed by atoms with Crippen LogP contribution in [0.5, 0.6) is 0 Å². The number of thioether (sulfide) groups is 1. The molecule has 2 aliphatic rings. The quantitative estimate of drug-likeness (QED) is 0.206. The number of hydrogen-bond acceptors (Lipinski definition) is 9. The van der Waals surface area contributed by atoms with Gasteiger partial charge < -0.3 is 29.2 Å². The first-order chi connectivity index (χ1) is 19.8. The predicted octanol–water partition coefficient (Wildman–Crippen LogP) is 5.24. The van der Waals surface area contributed by atoms with Gasteiger partial charge in [0.05, 0.1) is 49.7 Å². The lowest BCUT2D eigenvalue weighted by Crippen LogP contribution is -2.64. The van der Waals surface area contributed by atoms with Crippen LogP contribution in [-0.4, -0.2) is 69.3 Å². The Morgan fingerprint density at radius 1 is 0.854 bits per heavy atom. The molecule has 0 saturated carbocycles. The van der Waals surface area contributed by atoms with Crippen LogP contribution in [0.1, 0.15) is 38.3 Å². The van der Waals surface area contributed by atoms with Gasteiger partial charge in [-0.3, -0.25) is 0 Å². The van der Waals surface area contributed by atoms with E-state index in [-0.39, 0.29) is 13.2 Å². The fourth-order valence-electron chi connectivity index (χ4n) is 5.28. The molecule has 12 nitrogen and oxygen atoms in total. The number of azide groups is 2. The molecule has 0 unspecified atom stereocenters. The fraction of sp³-hybridized carbons (Fsp3) is 0.571. The highest BCUT2D eigenvalue weighted by atomic mass is 32.2. The lowest BCUT2D eigenvalue weighted by Gasteiger charge is -2.52. The van der Waals surface area contributed by atoms with E-state index in [0.29, 0.717) is 6.42 Å². The standard InChI is InChI=1S/C28H36N6O6S/c1-4-28(26(36)25(22(32-34-30)18(3)40-28)38-16-20-13-9-6-10-14-20)41-27-23(35)24(21(31-33-29)17(2)39-27)37-15-19-11-7-5-8-12-19/h5-14,17-18,21-27,35-36H,4,15-16H2,1-3H3/t17-,18-,21-,22-,23+,24+,25+,26+,27-,28-/m1/s1. The Kier molecular flexibility index (Phi) is 10.9. The van der Waals surface area contributed by atoms with Gasteiger partial charge in [0, 0.05) is 9.82 Å². The monoisotopic (exact) mass is 584 g/mol. The summed E-state index contributed by atoms with van der Waals surface area (Å²) in [6.45, 7) is 5.76. The molecule has 0 amide bonds. The van der Waals surface area contributed by atoms with Gasteiger partial charge in [-0.1, -0.05) is 89.6 Å². The number of aliphatic hydroxyl groups excluding tert-OH is 2. The minimum absolute atomic E-state index is 0.194. The SMILES string of the molecule is CC[C@]1(S[C@H]2O[C@H](C)[C@@H](N=[N+]=[N-])[C@H](OCc3ccccc3)[C@@H]2O)O[C@H](C)[C@@H](N=[N+]=[N-])[C@H](OCc2ccccc2)[C@@H]1O. The van der Waals surface area contributed by atoms with Crippen molar-refractivity contribution in [2.24, 2.45) is 10.2 Å². The van der Waals surface area contributed by atoms with E-state index in [2.05, 4.69) is 20.1 Å². The Hall–Kier alpha value is -2.83. The molecule has 0 spiro atoms. The molecule has 2 aromatic rings. The molecule has 2 fully saturated rings. The van der Waals surface area contributed by atoms with E-state index in [0.717, 1.165) is 22.9 Å². The summed E-state index contributed by atoms with van der Waals surface area (Å²) in [5.41, 5.74) is 19.3. The zero-order valence-electron chi connectivity index (χ0n) is 23.2. The summed E-state index contributed by atoms with van der Waals surface area (Å²) in [4.78, 5) is 4.64. The maximum absolute atomic E-state index is 11.7. The lowest BCUT2D eigenvalue weighted by atomic mass is 9.92. The normalized spacial score (nSPS) is 35.2. The van der Waals surface area contributed by atoms with E-state index in [1.165, 1.54) is 0 Å². The van der Waals surface area contributed by atoms with Crippen molar-refractivity contribution in [1.29, 1.82) is 0 Å². The topological polar surface area (TPSA) is 175 Å². The van der Waals surface area contributed by atoms with Crippen LogP contribution in [0.15, 0.2) is 70.9 Å². The second kappa shape index (κ2) is 14.4. The molecule has 13 heteroatoms. The summed E-state index contributed by atoms with van der Waals surface area (Å²) in [7, 11) is 0. The Morgan fingerprint density at radius 3 is 1.88 bits per heavy atom. The second-order valence-corrected chi connectivity index (χ2v) is 11.6. The number of benzene rings is 2. The van der Waals surface area contributed by atoms with E-state index in [9.17, 15) is 21.3 Å². The summed E-state index contributed by atoms with van der Waals surface area (Å²) in [6.07, 6.45) is -5.10. The molecule has 0 aromatic heterocycles. The minimum Gasteiger partial charge on any atom is -0.387 e. The van der Waals surface area contributed by atoms with E-state index in [1.807, 2.05) is 67.6 Å². The van der Waals surface area contributed by atoms with Crippen molar-refractivity contribution in [3.8, 4) is 0 Å². The molecule has 220 valence electrons. The molecular weight excluding hydrogens is 548 g/mol. The fourth-order valence-corrected chi connectivity index (χ4v) is 6.85. The summed E-state index contributed by atoms with van der Waals surface area (Å²) in [6, 6.07) is 17.4. The van der Waals surface area contributed by atoms with Crippen molar-refractivity contribution in [1.82, 2.24) is 0 Å². The van der Waals surface area contributed by atoms with Crippen molar-refractivity contribution < 1.29 is 29.2 Å². The highest BCUT2D eigenvalue weighted by molar-refractivity contribution is 8.01. The van der Waals surface area contributed by atoms with E-state index < -0.39 is 59.1 Å². The van der Waals surface area contributed by atoms with Crippen molar-refractivity contribution in [2.75, 3.05) is 0 Å². The summed E-state index contributed by atoms with van der Waals surface area (Å²) < 4.78 is 24.8. The molecule has 2 aliphatic heterocycles. The first-order valence-electron chi connectivity index (χ1n) is 13.6. The van der Waals surface area contributed by atoms with E-state index in [1.54, 1.807) is 13.8 Å². The Bertz CT molecular complexity index is 1220. The van der Waals surface area contributed by atoms with Crippen LogP contribution in [-0.2, 0) is 32.2 Å². The van der Waals surface area contributed by atoms with Gasteiger partial charge in [0.1, 0.15) is 22.6 Å². The van der Waals surface area contributed by atoms with Gasteiger partial charge in [0.25, 0.3) is 0 Å². The third-order valence-corrected chi connectivity index (χ3v) is 9.14. The first kappa shape index (κ1) is 31.1. The van der Waals surface area contributed by atoms with Crippen LogP contribution in [0.25, 0.3) is 20.9 Å². The molecule has 0 bridgehead atoms. The van der Waals surface area contributed by atoms with Gasteiger partial charge in [0.15, 0.2) is 0 Å². The van der Waals surface area contributed by atoms with Crippen molar-refractivity contribution in [3.05, 3.63) is 92.7 Å². The molecule has 10 atom stereocenters. The van der Waals surface area contributed by atoms with Crippen LogP contribution >= 0.6 is 11.8 Å². The maximum atomic E-state index is 11.7. The van der Waals surface area contributed by atoms with Crippen molar-refractivity contribution in [2.45, 2.75) is 99.5 Å². The Balaban J connectivity index is 1.58. The minimum atomic E-state index is -1.27. The van der Waals surface area contributed by atoms with Crippen molar-refractivity contribution in [3.63, 3.8) is 0 Å². The molecule has 0 radical (unpaired) electrons. The molecule has 4 rings (SSSR count). The zero-order valence-corrected chi connectivity index (χ0v) is 24.0. The van der Waals surface area contributed by atoms with Gasteiger partial charge >= 0.3 is 0 Å². The molecule has 2 aromatic carbocycles. The van der Waals surface area contributed by atoms with Crippen LogP contribution in [0, 0.1) is 0 Å². The van der Waals surface area contributed by atoms with Gasteiger partial charge in [0.2, 0.25) is 0 Å². The average molecular weight is 585 g/mol. The summed E-state index contributed by atoms with van der Waals surface area (Å²) in [5, 5.41) is 31.0.